The number of methoxy groups -OCH3 is 1. The first kappa shape index (κ1) is 15.2. The first-order valence-electron chi connectivity index (χ1n) is 7.83. The summed E-state index contributed by atoms with van der Waals surface area (Å²) in [6.07, 6.45) is 3.80. The molecule has 0 unspecified atom stereocenters. The number of aromatic nitrogens is 1. The van der Waals surface area contributed by atoms with E-state index in [1.807, 2.05) is 30.0 Å². The predicted octanol–water partition coefficient (Wildman–Crippen LogP) is 5.68. The van der Waals surface area contributed by atoms with Gasteiger partial charge in [-0.05, 0) is 24.3 Å². The van der Waals surface area contributed by atoms with Gasteiger partial charge in [0.25, 0.3) is 0 Å². The van der Waals surface area contributed by atoms with Crippen LogP contribution >= 0.6 is 11.8 Å². The Labute approximate surface area is 135 Å². The molecule has 0 aliphatic heterocycles. The molecule has 3 aromatic rings. The van der Waals surface area contributed by atoms with E-state index in [1.165, 1.54) is 34.9 Å². The number of rotatable bonds is 6. The number of benzene rings is 2. The Morgan fingerprint density at radius 2 is 1.82 bits per heavy atom. The molecule has 0 spiro atoms. The van der Waals surface area contributed by atoms with Crippen molar-refractivity contribution in [3.05, 3.63) is 42.5 Å². The molecule has 2 aromatic carbocycles. The number of thioether (sulfide) groups is 1. The molecule has 0 radical (unpaired) electrons. The maximum Gasteiger partial charge on any atom is 0.145 e. The minimum Gasteiger partial charge on any atom is -0.494 e. The van der Waals surface area contributed by atoms with Gasteiger partial charge in [0.05, 0.1) is 12.6 Å². The van der Waals surface area contributed by atoms with Crippen molar-refractivity contribution >= 4 is 33.6 Å². The molecule has 0 aliphatic rings. The highest BCUT2D eigenvalue weighted by atomic mass is 32.2. The van der Waals surface area contributed by atoms with Crippen LogP contribution in [0.2, 0.25) is 0 Å². The van der Waals surface area contributed by atoms with Gasteiger partial charge in [0, 0.05) is 15.7 Å². The second-order valence-corrected chi connectivity index (χ2v) is 6.48. The third-order valence-electron chi connectivity index (χ3n) is 3.84. The molecule has 114 valence electrons. The summed E-state index contributed by atoms with van der Waals surface area (Å²) in [5.74, 6) is 1.99. The van der Waals surface area contributed by atoms with E-state index in [-0.39, 0.29) is 0 Å². The van der Waals surface area contributed by atoms with Gasteiger partial charge in [-0.2, -0.15) is 0 Å². The fourth-order valence-electron chi connectivity index (χ4n) is 2.70. The van der Waals surface area contributed by atoms with Gasteiger partial charge in [0.1, 0.15) is 11.3 Å². The number of hydrogen-bond acceptors (Lipinski definition) is 3. The van der Waals surface area contributed by atoms with Crippen LogP contribution in [-0.2, 0) is 0 Å². The highest BCUT2D eigenvalue weighted by Crippen LogP contribution is 2.37. The van der Waals surface area contributed by atoms with E-state index in [2.05, 4.69) is 31.2 Å². The van der Waals surface area contributed by atoms with Crippen LogP contribution in [0.1, 0.15) is 26.2 Å². The standard InChI is InChI=1S/C19H21NOS/c1-3-4-7-13-22-19-14-9-5-6-11-16(14)20-18-15(19)10-8-12-17(18)21-2/h5-6,8-12H,3-4,7,13H2,1-2H3. The highest BCUT2D eigenvalue weighted by Gasteiger charge is 2.12. The monoisotopic (exact) mass is 311 g/mol. The van der Waals surface area contributed by atoms with Gasteiger partial charge in [-0.3, -0.25) is 0 Å². The van der Waals surface area contributed by atoms with Crippen LogP contribution in [0.15, 0.2) is 47.4 Å². The molecule has 0 saturated heterocycles. The van der Waals surface area contributed by atoms with Crippen molar-refractivity contribution in [1.29, 1.82) is 0 Å². The van der Waals surface area contributed by atoms with Gasteiger partial charge >= 0.3 is 0 Å². The molecule has 3 heteroatoms. The van der Waals surface area contributed by atoms with Crippen molar-refractivity contribution < 1.29 is 4.74 Å². The summed E-state index contributed by atoms with van der Waals surface area (Å²) < 4.78 is 5.50. The van der Waals surface area contributed by atoms with Gasteiger partial charge < -0.3 is 4.74 Å². The highest BCUT2D eigenvalue weighted by molar-refractivity contribution is 7.99. The van der Waals surface area contributed by atoms with Gasteiger partial charge in [-0.25, -0.2) is 4.98 Å². The molecule has 22 heavy (non-hydrogen) atoms. The lowest BCUT2D eigenvalue weighted by Gasteiger charge is -2.12. The summed E-state index contributed by atoms with van der Waals surface area (Å²) in [7, 11) is 1.71. The number of ether oxygens (including phenoxy) is 1. The summed E-state index contributed by atoms with van der Waals surface area (Å²) in [6.45, 7) is 2.24. The lowest BCUT2D eigenvalue weighted by molar-refractivity contribution is 0.419. The van der Waals surface area contributed by atoms with E-state index in [1.54, 1.807) is 7.11 Å². The quantitative estimate of drug-likeness (QED) is 0.332. The molecular formula is C19H21NOS. The van der Waals surface area contributed by atoms with Gasteiger partial charge in [-0.15, -0.1) is 11.8 Å². The Hall–Kier alpha value is -1.74. The van der Waals surface area contributed by atoms with Gasteiger partial charge in [0.15, 0.2) is 0 Å². The van der Waals surface area contributed by atoms with E-state index in [4.69, 9.17) is 9.72 Å². The molecule has 1 aromatic heterocycles. The fourth-order valence-corrected chi connectivity index (χ4v) is 3.90. The van der Waals surface area contributed by atoms with Crippen molar-refractivity contribution in [3.63, 3.8) is 0 Å². The molecule has 1 heterocycles. The summed E-state index contributed by atoms with van der Waals surface area (Å²) >= 11 is 1.94. The first-order chi connectivity index (χ1) is 10.8. The molecule has 0 fully saturated rings. The largest absolute Gasteiger partial charge is 0.494 e. The lowest BCUT2D eigenvalue weighted by Crippen LogP contribution is -1.92. The average molecular weight is 311 g/mol. The molecule has 3 rings (SSSR count). The van der Waals surface area contributed by atoms with Crippen molar-refractivity contribution in [2.24, 2.45) is 0 Å². The molecule has 0 amide bonds. The molecular weight excluding hydrogens is 290 g/mol. The van der Waals surface area contributed by atoms with Crippen LogP contribution in [0.5, 0.6) is 5.75 Å². The number of pyridine rings is 1. The average Bonchev–Trinajstić information content (AvgIpc) is 2.57. The Morgan fingerprint density at radius 3 is 2.64 bits per heavy atom. The second kappa shape index (κ2) is 7.01. The smallest absolute Gasteiger partial charge is 0.145 e. The maximum atomic E-state index is 5.50. The first-order valence-corrected chi connectivity index (χ1v) is 8.82. The van der Waals surface area contributed by atoms with Crippen LogP contribution in [-0.4, -0.2) is 17.8 Å². The van der Waals surface area contributed by atoms with Crippen LogP contribution < -0.4 is 4.74 Å². The lowest BCUT2D eigenvalue weighted by atomic mass is 10.1. The molecule has 0 atom stereocenters. The van der Waals surface area contributed by atoms with Crippen molar-refractivity contribution in [2.75, 3.05) is 12.9 Å². The number of unbranched alkanes of at least 4 members (excludes halogenated alkanes) is 2. The summed E-state index contributed by atoms with van der Waals surface area (Å²) in [6, 6.07) is 14.6. The molecule has 0 bridgehead atoms. The second-order valence-electron chi connectivity index (χ2n) is 5.37. The third kappa shape index (κ3) is 2.91. The Balaban J connectivity index is 2.15. The van der Waals surface area contributed by atoms with Crippen molar-refractivity contribution in [3.8, 4) is 5.75 Å². The number of hydrogen-bond donors (Lipinski definition) is 0. The predicted molar refractivity (Wildman–Crippen MR) is 96.1 cm³/mol. The fraction of sp³-hybridized carbons (Fsp3) is 0.316. The number of fused-ring (bicyclic) bond motifs is 2. The summed E-state index contributed by atoms with van der Waals surface area (Å²) in [5, 5.41) is 2.43. The van der Waals surface area contributed by atoms with Gasteiger partial charge in [-0.1, -0.05) is 50.1 Å². The normalized spacial score (nSPS) is 11.2. The van der Waals surface area contributed by atoms with E-state index in [9.17, 15) is 0 Å². The maximum absolute atomic E-state index is 5.50. The zero-order valence-corrected chi connectivity index (χ0v) is 14.0. The minimum atomic E-state index is 0.846. The summed E-state index contributed by atoms with van der Waals surface area (Å²) in [4.78, 5) is 6.14. The van der Waals surface area contributed by atoms with Crippen LogP contribution in [0.4, 0.5) is 0 Å². The van der Waals surface area contributed by atoms with E-state index in [0.717, 1.165) is 22.5 Å². The molecule has 0 aliphatic carbocycles. The Bertz CT molecular complexity index is 785. The Morgan fingerprint density at radius 1 is 1.00 bits per heavy atom. The molecule has 2 nitrogen and oxygen atoms in total. The van der Waals surface area contributed by atoms with Crippen molar-refractivity contribution in [1.82, 2.24) is 4.98 Å². The summed E-state index contributed by atoms with van der Waals surface area (Å²) in [5.41, 5.74) is 2.00. The van der Waals surface area contributed by atoms with Crippen LogP contribution in [0.3, 0.4) is 0 Å². The van der Waals surface area contributed by atoms with Crippen LogP contribution in [0, 0.1) is 0 Å². The zero-order valence-electron chi connectivity index (χ0n) is 13.1. The molecule has 0 saturated carbocycles. The van der Waals surface area contributed by atoms with E-state index >= 15 is 0 Å². The topological polar surface area (TPSA) is 22.1 Å². The van der Waals surface area contributed by atoms with Crippen molar-refractivity contribution in [2.45, 2.75) is 31.1 Å². The van der Waals surface area contributed by atoms with E-state index in [0.29, 0.717) is 0 Å². The SMILES string of the molecule is CCCCCSc1c2ccccc2nc2c(OC)cccc12. The van der Waals surface area contributed by atoms with E-state index < -0.39 is 0 Å². The third-order valence-corrected chi connectivity index (χ3v) is 5.06. The Kier molecular flexibility index (Phi) is 4.84. The molecule has 0 N–H and O–H groups in total. The van der Waals surface area contributed by atoms with Crippen LogP contribution in [0.25, 0.3) is 21.8 Å². The zero-order chi connectivity index (χ0) is 15.4. The number of para-hydroxylation sites is 2. The minimum absolute atomic E-state index is 0.846. The van der Waals surface area contributed by atoms with Gasteiger partial charge in [0.2, 0.25) is 0 Å². The number of nitrogens with zero attached hydrogens (tertiary/aromatic N) is 1.